The highest BCUT2D eigenvalue weighted by molar-refractivity contribution is 5.88. The first-order valence-electron chi connectivity index (χ1n) is 5.50. The summed E-state index contributed by atoms with van der Waals surface area (Å²) in [6.07, 6.45) is 2.53. The molecular formula is C12H16N4. The molecule has 16 heavy (non-hydrogen) atoms. The van der Waals surface area contributed by atoms with E-state index in [-0.39, 0.29) is 6.04 Å². The van der Waals surface area contributed by atoms with Crippen LogP contribution in [0, 0.1) is 0 Å². The molecule has 0 saturated heterocycles. The normalized spacial score (nSPS) is 12.6. The average molecular weight is 216 g/mol. The van der Waals surface area contributed by atoms with Crippen LogP contribution in [0.5, 0.6) is 0 Å². The molecule has 1 aromatic carbocycles. The van der Waals surface area contributed by atoms with Crippen molar-refractivity contribution in [3.63, 3.8) is 0 Å². The summed E-state index contributed by atoms with van der Waals surface area (Å²) >= 11 is 0. The maximum Gasteiger partial charge on any atom is 0.137 e. The Labute approximate surface area is 94.9 Å². The van der Waals surface area contributed by atoms with E-state index in [9.17, 15) is 0 Å². The fraction of sp³-hybridized carbons (Fsp3) is 0.333. The Morgan fingerprint density at radius 3 is 2.94 bits per heavy atom. The van der Waals surface area contributed by atoms with E-state index in [0.29, 0.717) is 0 Å². The van der Waals surface area contributed by atoms with Gasteiger partial charge in [0.1, 0.15) is 12.1 Å². The number of para-hydroxylation sites is 1. The molecule has 0 aliphatic rings. The second-order valence-electron chi connectivity index (χ2n) is 3.79. The number of hydrogen-bond acceptors (Lipinski definition) is 4. The highest BCUT2D eigenvalue weighted by Gasteiger charge is 2.03. The van der Waals surface area contributed by atoms with Gasteiger partial charge in [0.15, 0.2) is 0 Å². The van der Waals surface area contributed by atoms with Gasteiger partial charge in [-0.15, -0.1) is 0 Å². The topological polar surface area (TPSA) is 63.8 Å². The minimum atomic E-state index is 0.161. The van der Waals surface area contributed by atoms with E-state index in [1.54, 1.807) is 6.33 Å². The molecule has 4 nitrogen and oxygen atoms in total. The largest absolute Gasteiger partial charge is 0.368 e. The summed E-state index contributed by atoms with van der Waals surface area (Å²) in [7, 11) is 0. The van der Waals surface area contributed by atoms with Crippen molar-refractivity contribution in [2.45, 2.75) is 19.4 Å². The fourth-order valence-electron chi connectivity index (χ4n) is 1.52. The first-order valence-corrected chi connectivity index (χ1v) is 5.50. The van der Waals surface area contributed by atoms with Gasteiger partial charge in [0.05, 0.1) is 5.52 Å². The molecular weight excluding hydrogens is 200 g/mol. The maximum atomic E-state index is 5.86. The van der Waals surface area contributed by atoms with Crippen molar-refractivity contribution in [3.05, 3.63) is 30.6 Å². The van der Waals surface area contributed by atoms with Gasteiger partial charge in [-0.1, -0.05) is 19.1 Å². The van der Waals surface area contributed by atoms with E-state index < -0.39 is 0 Å². The smallest absolute Gasteiger partial charge is 0.137 e. The van der Waals surface area contributed by atoms with E-state index in [0.717, 1.165) is 29.7 Å². The number of rotatable bonds is 4. The van der Waals surface area contributed by atoms with Crippen molar-refractivity contribution in [3.8, 4) is 0 Å². The molecule has 1 unspecified atom stereocenters. The van der Waals surface area contributed by atoms with Gasteiger partial charge in [0.2, 0.25) is 0 Å². The number of benzene rings is 1. The molecule has 0 saturated carbocycles. The fourth-order valence-corrected chi connectivity index (χ4v) is 1.52. The molecule has 3 N–H and O–H groups in total. The van der Waals surface area contributed by atoms with Gasteiger partial charge >= 0.3 is 0 Å². The number of fused-ring (bicyclic) bond motifs is 1. The van der Waals surface area contributed by atoms with E-state index in [4.69, 9.17) is 5.73 Å². The van der Waals surface area contributed by atoms with Crippen molar-refractivity contribution >= 4 is 16.7 Å². The standard InChI is InChI=1S/C12H16N4/c1-2-9(13)7-14-12-10-5-3-4-6-11(10)15-8-16-12/h3-6,8-9H,2,7,13H2,1H3,(H,14,15,16). The van der Waals surface area contributed by atoms with Crippen LogP contribution in [0.25, 0.3) is 10.9 Å². The average Bonchev–Trinajstić information content (AvgIpc) is 2.35. The summed E-state index contributed by atoms with van der Waals surface area (Å²) in [6, 6.07) is 8.10. The molecule has 1 atom stereocenters. The Kier molecular flexibility index (Phi) is 3.31. The van der Waals surface area contributed by atoms with Crippen molar-refractivity contribution in [2.75, 3.05) is 11.9 Å². The molecule has 1 aromatic heterocycles. The minimum Gasteiger partial charge on any atom is -0.368 e. The third-order valence-corrected chi connectivity index (χ3v) is 2.60. The number of nitrogens with two attached hydrogens (primary N) is 1. The first kappa shape index (κ1) is 10.8. The lowest BCUT2D eigenvalue weighted by Gasteiger charge is -2.11. The van der Waals surface area contributed by atoms with Crippen molar-refractivity contribution in [2.24, 2.45) is 5.73 Å². The lowest BCUT2D eigenvalue weighted by atomic mass is 10.2. The second kappa shape index (κ2) is 4.90. The lowest BCUT2D eigenvalue weighted by molar-refractivity contribution is 0.678. The van der Waals surface area contributed by atoms with Gasteiger partial charge < -0.3 is 11.1 Å². The third kappa shape index (κ3) is 2.28. The molecule has 0 aliphatic heterocycles. The van der Waals surface area contributed by atoms with E-state index in [1.165, 1.54) is 0 Å². The van der Waals surface area contributed by atoms with Crippen LogP contribution in [0.1, 0.15) is 13.3 Å². The number of nitrogens with one attached hydrogen (secondary N) is 1. The maximum absolute atomic E-state index is 5.86. The summed E-state index contributed by atoms with van der Waals surface area (Å²) in [5, 5.41) is 4.30. The van der Waals surface area contributed by atoms with Crippen LogP contribution in [-0.4, -0.2) is 22.6 Å². The molecule has 84 valence electrons. The Bertz CT molecular complexity index is 464. The molecule has 2 aromatic rings. The van der Waals surface area contributed by atoms with Gasteiger partial charge in [0.25, 0.3) is 0 Å². The zero-order valence-corrected chi connectivity index (χ0v) is 9.35. The molecule has 0 fully saturated rings. The third-order valence-electron chi connectivity index (χ3n) is 2.60. The predicted molar refractivity (Wildman–Crippen MR) is 66.3 cm³/mol. The van der Waals surface area contributed by atoms with Crippen molar-refractivity contribution < 1.29 is 0 Å². The van der Waals surface area contributed by atoms with Crippen LogP contribution < -0.4 is 11.1 Å². The Morgan fingerprint density at radius 1 is 1.31 bits per heavy atom. The van der Waals surface area contributed by atoms with E-state index >= 15 is 0 Å². The Balaban J connectivity index is 2.23. The van der Waals surface area contributed by atoms with Crippen LogP contribution in [-0.2, 0) is 0 Å². The molecule has 0 bridgehead atoms. The summed E-state index contributed by atoms with van der Waals surface area (Å²) < 4.78 is 0. The van der Waals surface area contributed by atoms with Crippen molar-refractivity contribution in [1.29, 1.82) is 0 Å². The van der Waals surface area contributed by atoms with Crippen molar-refractivity contribution in [1.82, 2.24) is 9.97 Å². The SMILES string of the molecule is CCC(N)CNc1ncnc2ccccc12. The number of anilines is 1. The van der Waals surface area contributed by atoms with Gasteiger partial charge in [0, 0.05) is 18.0 Å². The van der Waals surface area contributed by atoms with Crippen LogP contribution in [0.4, 0.5) is 5.82 Å². The second-order valence-corrected chi connectivity index (χ2v) is 3.79. The number of hydrogen-bond donors (Lipinski definition) is 2. The Hall–Kier alpha value is -1.68. The number of aromatic nitrogens is 2. The summed E-state index contributed by atoms with van der Waals surface area (Å²) in [4.78, 5) is 8.44. The molecule has 2 rings (SSSR count). The van der Waals surface area contributed by atoms with E-state index in [1.807, 2.05) is 24.3 Å². The molecule has 0 spiro atoms. The zero-order valence-electron chi connectivity index (χ0n) is 9.35. The highest BCUT2D eigenvalue weighted by atomic mass is 15.0. The van der Waals surface area contributed by atoms with Gasteiger partial charge in [-0.25, -0.2) is 9.97 Å². The van der Waals surface area contributed by atoms with Crippen LogP contribution >= 0.6 is 0 Å². The molecule has 1 heterocycles. The lowest BCUT2D eigenvalue weighted by Crippen LogP contribution is -2.28. The molecule has 0 radical (unpaired) electrons. The number of nitrogens with zero attached hydrogens (tertiary/aromatic N) is 2. The van der Waals surface area contributed by atoms with Crippen LogP contribution in [0.2, 0.25) is 0 Å². The van der Waals surface area contributed by atoms with E-state index in [2.05, 4.69) is 22.2 Å². The predicted octanol–water partition coefficient (Wildman–Crippen LogP) is 1.78. The van der Waals surface area contributed by atoms with Gasteiger partial charge in [-0.05, 0) is 18.6 Å². The summed E-state index contributed by atoms with van der Waals surface area (Å²) in [5.41, 5.74) is 6.81. The zero-order chi connectivity index (χ0) is 11.4. The monoisotopic (exact) mass is 216 g/mol. The molecule has 0 amide bonds. The summed E-state index contributed by atoms with van der Waals surface area (Å²) in [5.74, 6) is 0.856. The molecule has 4 heteroatoms. The van der Waals surface area contributed by atoms with Gasteiger partial charge in [-0.3, -0.25) is 0 Å². The Morgan fingerprint density at radius 2 is 2.12 bits per heavy atom. The highest BCUT2D eigenvalue weighted by Crippen LogP contribution is 2.17. The van der Waals surface area contributed by atoms with Gasteiger partial charge in [-0.2, -0.15) is 0 Å². The first-order chi connectivity index (χ1) is 7.81. The minimum absolute atomic E-state index is 0.161. The quantitative estimate of drug-likeness (QED) is 0.817. The van der Waals surface area contributed by atoms with Crippen LogP contribution in [0.3, 0.4) is 0 Å². The summed E-state index contributed by atoms with van der Waals surface area (Å²) in [6.45, 7) is 2.81. The molecule has 0 aliphatic carbocycles. The van der Waals surface area contributed by atoms with Crippen LogP contribution in [0.15, 0.2) is 30.6 Å².